The summed E-state index contributed by atoms with van der Waals surface area (Å²) < 4.78 is 5.69. The predicted molar refractivity (Wildman–Crippen MR) is 92.5 cm³/mol. The molecule has 0 bridgehead atoms. The van der Waals surface area contributed by atoms with Crippen LogP contribution >= 0.6 is 11.3 Å². The van der Waals surface area contributed by atoms with Crippen molar-refractivity contribution in [1.82, 2.24) is 9.88 Å². The van der Waals surface area contributed by atoms with E-state index in [-0.39, 0.29) is 18.2 Å². The maximum atomic E-state index is 12.5. The highest BCUT2D eigenvalue weighted by Gasteiger charge is 2.44. The molecule has 1 aromatic heterocycles. The summed E-state index contributed by atoms with van der Waals surface area (Å²) in [6.45, 7) is 0.515. The average Bonchev–Trinajstić information content (AvgIpc) is 3.26. The molecule has 0 radical (unpaired) electrons. The monoisotopic (exact) mass is 336 g/mol. The van der Waals surface area contributed by atoms with Crippen molar-refractivity contribution in [2.75, 3.05) is 0 Å². The van der Waals surface area contributed by atoms with Crippen LogP contribution in [0.5, 0.6) is 0 Å². The SMILES string of the molecule is O=C1O[C@H](c2nccs2)[C@H](c2ccccc2)N1Cc1ccccc1. The zero-order chi connectivity index (χ0) is 16.4. The summed E-state index contributed by atoms with van der Waals surface area (Å²) in [7, 11) is 0. The quantitative estimate of drug-likeness (QED) is 0.700. The van der Waals surface area contributed by atoms with Crippen LogP contribution < -0.4 is 0 Å². The highest BCUT2D eigenvalue weighted by atomic mass is 32.1. The smallest absolute Gasteiger partial charge is 0.411 e. The Bertz CT molecular complexity index is 806. The molecule has 1 saturated heterocycles. The van der Waals surface area contributed by atoms with E-state index in [0.29, 0.717) is 6.54 Å². The Hall–Kier alpha value is -2.66. The van der Waals surface area contributed by atoms with E-state index in [1.165, 1.54) is 11.3 Å². The van der Waals surface area contributed by atoms with Crippen molar-refractivity contribution >= 4 is 17.4 Å². The van der Waals surface area contributed by atoms with E-state index in [2.05, 4.69) is 4.98 Å². The minimum atomic E-state index is -0.372. The van der Waals surface area contributed by atoms with E-state index in [0.717, 1.165) is 16.1 Å². The molecule has 0 unspecified atom stereocenters. The molecule has 1 aliphatic heterocycles. The fourth-order valence-electron chi connectivity index (χ4n) is 3.03. The van der Waals surface area contributed by atoms with Gasteiger partial charge in [-0.2, -0.15) is 0 Å². The topological polar surface area (TPSA) is 42.4 Å². The van der Waals surface area contributed by atoms with E-state index in [9.17, 15) is 4.79 Å². The normalized spacial score (nSPS) is 20.2. The summed E-state index contributed by atoms with van der Waals surface area (Å²) in [5.74, 6) is 0. The largest absolute Gasteiger partial charge is 0.436 e. The van der Waals surface area contributed by atoms with Crippen LogP contribution in [0.4, 0.5) is 4.79 Å². The fourth-order valence-corrected chi connectivity index (χ4v) is 3.72. The molecule has 1 amide bonds. The summed E-state index contributed by atoms with van der Waals surface area (Å²) in [5.41, 5.74) is 2.13. The maximum absolute atomic E-state index is 12.5. The van der Waals surface area contributed by atoms with Gasteiger partial charge in [-0.1, -0.05) is 60.7 Å². The lowest BCUT2D eigenvalue weighted by Crippen LogP contribution is -2.27. The molecule has 1 aliphatic rings. The van der Waals surface area contributed by atoms with Crippen molar-refractivity contribution in [3.8, 4) is 0 Å². The zero-order valence-electron chi connectivity index (χ0n) is 12.9. The van der Waals surface area contributed by atoms with E-state index < -0.39 is 0 Å². The number of carbonyl (C=O) groups excluding carboxylic acids is 1. The lowest BCUT2D eigenvalue weighted by molar-refractivity contribution is 0.129. The lowest BCUT2D eigenvalue weighted by atomic mass is 10.0. The molecule has 120 valence electrons. The molecule has 4 rings (SSSR count). The minimum Gasteiger partial charge on any atom is -0.436 e. The van der Waals surface area contributed by atoms with Gasteiger partial charge in [0.15, 0.2) is 6.10 Å². The molecule has 0 spiro atoms. The van der Waals surface area contributed by atoms with Gasteiger partial charge in [0.2, 0.25) is 0 Å². The number of rotatable bonds is 4. The number of nitrogens with zero attached hydrogens (tertiary/aromatic N) is 2. The number of amides is 1. The Labute approximate surface area is 144 Å². The van der Waals surface area contributed by atoms with Crippen molar-refractivity contribution in [3.63, 3.8) is 0 Å². The Morgan fingerprint density at radius 1 is 1.04 bits per heavy atom. The van der Waals surface area contributed by atoms with Crippen LogP contribution in [0.25, 0.3) is 0 Å². The van der Waals surface area contributed by atoms with E-state index >= 15 is 0 Å². The van der Waals surface area contributed by atoms with Crippen molar-refractivity contribution in [2.45, 2.75) is 18.7 Å². The fraction of sp³-hybridized carbons (Fsp3) is 0.158. The zero-order valence-corrected chi connectivity index (χ0v) is 13.7. The van der Waals surface area contributed by atoms with Crippen molar-refractivity contribution in [1.29, 1.82) is 0 Å². The van der Waals surface area contributed by atoms with Gasteiger partial charge in [-0.05, 0) is 11.1 Å². The first-order valence-electron chi connectivity index (χ1n) is 7.78. The molecular weight excluding hydrogens is 320 g/mol. The molecule has 2 atom stereocenters. The standard InChI is InChI=1S/C19H16N2O2S/c22-19-21(13-14-7-3-1-4-8-14)16(15-9-5-2-6-10-15)17(23-19)18-20-11-12-24-18/h1-12,16-17H,13H2/t16-,17-/m0/s1. The van der Waals surface area contributed by atoms with Crippen LogP contribution in [-0.2, 0) is 11.3 Å². The van der Waals surface area contributed by atoms with E-state index in [4.69, 9.17) is 4.74 Å². The van der Waals surface area contributed by atoms with Crippen LogP contribution in [-0.4, -0.2) is 16.0 Å². The first kappa shape index (κ1) is 14.9. The van der Waals surface area contributed by atoms with E-state index in [1.54, 1.807) is 11.1 Å². The molecule has 2 aromatic carbocycles. The van der Waals surface area contributed by atoms with Gasteiger partial charge in [0.25, 0.3) is 0 Å². The Kier molecular flexibility index (Phi) is 4.01. The summed E-state index contributed by atoms with van der Waals surface area (Å²) in [6, 6.07) is 19.8. The summed E-state index contributed by atoms with van der Waals surface area (Å²) in [6.07, 6.45) is 1.08. The molecule has 24 heavy (non-hydrogen) atoms. The van der Waals surface area contributed by atoms with Crippen molar-refractivity contribution in [2.24, 2.45) is 0 Å². The second-order valence-electron chi connectivity index (χ2n) is 5.64. The molecule has 3 aromatic rings. The van der Waals surface area contributed by atoms with E-state index in [1.807, 2.05) is 66.0 Å². The minimum absolute atomic E-state index is 0.176. The number of hydrogen-bond donors (Lipinski definition) is 0. The molecule has 2 heterocycles. The summed E-state index contributed by atoms with van der Waals surface area (Å²) in [5, 5.41) is 2.73. The molecule has 4 nitrogen and oxygen atoms in total. The van der Waals surface area contributed by atoms with Gasteiger partial charge < -0.3 is 4.74 Å². The average molecular weight is 336 g/mol. The van der Waals surface area contributed by atoms with Gasteiger partial charge in [-0.25, -0.2) is 9.78 Å². The van der Waals surface area contributed by atoms with Gasteiger partial charge in [0.1, 0.15) is 11.0 Å². The lowest BCUT2D eigenvalue weighted by Gasteiger charge is -2.24. The van der Waals surface area contributed by atoms with Gasteiger partial charge >= 0.3 is 6.09 Å². The Balaban J connectivity index is 1.72. The van der Waals surface area contributed by atoms with Gasteiger partial charge in [-0.3, -0.25) is 4.90 Å². The third-order valence-corrected chi connectivity index (χ3v) is 4.95. The molecule has 5 heteroatoms. The molecule has 0 N–H and O–H groups in total. The summed E-state index contributed by atoms with van der Waals surface area (Å²) >= 11 is 1.51. The number of ether oxygens (including phenoxy) is 1. The second-order valence-corrected chi connectivity index (χ2v) is 6.57. The van der Waals surface area contributed by atoms with Crippen molar-refractivity contribution < 1.29 is 9.53 Å². The Morgan fingerprint density at radius 2 is 1.75 bits per heavy atom. The number of cyclic esters (lactones) is 1. The first-order chi connectivity index (χ1) is 11.8. The highest BCUT2D eigenvalue weighted by molar-refractivity contribution is 7.09. The highest BCUT2D eigenvalue weighted by Crippen LogP contribution is 2.44. The molecule has 1 fully saturated rings. The van der Waals surface area contributed by atoms with Crippen LogP contribution in [0, 0.1) is 0 Å². The maximum Gasteiger partial charge on any atom is 0.411 e. The second kappa shape index (κ2) is 6.45. The summed E-state index contributed by atoms with van der Waals surface area (Å²) in [4.78, 5) is 18.7. The van der Waals surface area contributed by atoms with Crippen LogP contribution in [0.2, 0.25) is 0 Å². The molecular formula is C19H16N2O2S. The van der Waals surface area contributed by atoms with Crippen LogP contribution in [0.1, 0.15) is 28.3 Å². The molecule has 0 saturated carbocycles. The van der Waals surface area contributed by atoms with Crippen LogP contribution in [0.3, 0.4) is 0 Å². The Morgan fingerprint density at radius 3 is 2.42 bits per heavy atom. The number of hydrogen-bond acceptors (Lipinski definition) is 4. The van der Waals surface area contributed by atoms with Crippen molar-refractivity contribution in [3.05, 3.63) is 88.4 Å². The molecule has 0 aliphatic carbocycles. The third-order valence-electron chi connectivity index (χ3n) is 4.12. The number of thiazole rings is 1. The van der Waals surface area contributed by atoms with Gasteiger partial charge in [0.05, 0.1) is 0 Å². The first-order valence-corrected chi connectivity index (χ1v) is 8.66. The number of benzene rings is 2. The number of aromatic nitrogens is 1. The third kappa shape index (κ3) is 2.78. The van der Waals surface area contributed by atoms with Gasteiger partial charge in [-0.15, -0.1) is 11.3 Å². The van der Waals surface area contributed by atoms with Crippen LogP contribution in [0.15, 0.2) is 72.2 Å². The number of carbonyl (C=O) groups is 1. The predicted octanol–water partition coefficient (Wildman–Crippen LogP) is 4.58. The van der Waals surface area contributed by atoms with Gasteiger partial charge in [0, 0.05) is 18.1 Å².